The summed E-state index contributed by atoms with van der Waals surface area (Å²) >= 11 is 1.44. The molecule has 3 rings (SSSR count). The number of carbonyl (C=O) groups excluding carboxylic acids is 1. The van der Waals surface area contributed by atoms with Gasteiger partial charge in [-0.15, -0.1) is 0 Å². The van der Waals surface area contributed by atoms with Crippen molar-refractivity contribution in [2.45, 2.75) is 17.2 Å². The summed E-state index contributed by atoms with van der Waals surface area (Å²) in [7, 11) is 1.64. The van der Waals surface area contributed by atoms with Crippen molar-refractivity contribution in [1.29, 1.82) is 0 Å². The first kappa shape index (κ1) is 19.6. The Kier molecular flexibility index (Phi) is 6.80. The van der Waals surface area contributed by atoms with Gasteiger partial charge in [0.15, 0.2) is 0 Å². The van der Waals surface area contributed by atoms with E-state index in [2.05, 4.69) is 20.3 Å². The first-order chi connectivity index (χ1) is 13.7. The van der Waals surface area contributed by atoms with E-state index in [1.165, 1.54) is 11.8 Å². The van der Waals surface area contributed by atoms with Crippen molar-refractivity contribution < 1.29 is 9.53 Å². The molecule has 0 saturated heterocycles. The predicted octanol–water partition coefficient (Wildman–Crippen LogP) is 2.73. The molecule has 3 N–H and O–H groups in total. The van der Waals surface area contributed by atoms with E-state index in [4.69, 9.17) is 10.5 Å². The molecule has 0 bridgehead atoms. The van der Waals surface area contributed by atoms with Crippen molar-refractivity contribution >= 4 is 23.6 Å². The van der Waals surface area contributed by atoms with Crippen LogP contribution in [0.15, 0.2) is 59.9 Å². The van der Waals surface area contributed by atoms with Crippen molar-refractivity contribution in [1.82, 2.24) is 20.3 Å². The van der Waals surface area contributed by atoms with Gasteiger partial charge in [-0.05, 0) is 42.3 Å². The molecule has 144 valence electrons. The first-order valence-corrected chi connectivity index (χ1v) is 9.70. The number of anilines is 1. The van der Waals surface area contributed by atoms with Gasteiger partial charge in [-0.1, -0.05) is 23.9 Å². The minimum Gasteiger partial charge on any atom is -0.497 e. The number of thioether (sulfide) groups is 1. The van der Waals surface area contributed by atoms with Gasteiger partial charge < -0.3 is 15.8 Å². The zero-order chi connectivity index (χ0) is 19.8. The molecule has 0 radical (unpaired) electrons. The van der Waals surface area contributed by atoms with E-state index in [-0.39, 0.29) is 11.9 Å². The lowest BCUT2D eigenvalue weighted by Gasteiger charge is -2.09. The van der Waals surface area contributed by atoms with Crippen LogP contribution < -0.4 is 15.8 Å². The summed E-state index contributed by atoms with van der Waals surface area (Å²) < 4.78 is 5.15. The molecule has 28 heavy (non-hydrogen) atoms. The predicted molar refractivity (Wildman–Crippen MR) is 109 cm³/mol. The number of nitrogens with two attached hydrogens (primary N) is 1. The Balaban J connectivity index is 1.57. The van der Waals surface area contributed by atoms with Crippen molar-refractivity contribution in [2.75, 3.05) is 19.4 Å². The molecule has 0 aliphatic rings. The fourth-order valence-electron chi connectivity index (χ4n) is 2.52. The maximum absolute atomic E-state index is 12.6. The highest BCUT2D eigenvalue weighted by atomic mass is 32.2. The third-order valence-electron chi connectivity index (χ3n) is 3.96. The van der Waals surface area contributed by atoms with Crippen molar-refractivity contribution in [2.24, 2.45) is 0 Å². The van der Waals surface area contributed by atoms with E-state index >= 15 is 0 Å². The van der Waals surface area contributed by atoms with Crippen molar-refractivity contribution in [3.05, 3.63) is 71.7 Å². The maximum atomic E-state index is 12.6. The van der Waals surface area contributed by atoms with Gasteiger partial charge in [0.2, 0.25) is 5.95 Å². The zero-order valence-corrected chi connectivity index (χ0v) is 16.3. The Hall–Kier alpha value is -3.13. The fraction of sp³-hybridized carbons (Fsp3) is 0.200. The molecule has 0 saturated carbocycles. The van der Waals surface area contributed by atoms with Crippen LogP contribution in [0.1, 0.15) is 21.6 Å². The van der Waals surface area contributed by atoms with E-state index in [1.54, 1.807) is 37.7 Å². The molecular formula is C20H21N5O2S. The van der Waals surface area contributed by atoms with E-state index in [0.717, 1.165) is 23.4 Å². The molecule has 0 spiro atoms. The summed E-state index contributed by atoms with van der Waals surface area (Å²) in [5, 5.41) is 3.61. The lowest BCUT2D eigenvalue weighted by Crippen LogP contribution is -2.26. The van der Waals surface area contributed by atoms with Crippen molar-refractivity contribution in [3.8, 4) is 5.75 Å². The molecule has 3 aromatic rings. The number of rotatable bonds is 8. The van der Waals surface area contributed by atoms with Gasteiger partial charge in [-0.3, -0.25) is 4.79 Å². The molecule has 0 aliphatic carbocycles. The van der Waals surface area contributed by atoms with Gasteiger partial charge in [0, 0.05) is 24.7 Å². The van der Waals surface area contributed by atoms with E-state index in [9.17, 15) is 4.79 Å². The van der Waals surface area contributed by atoms with Crippen LogP contribution >= 0.6 is 11.8 Å². The minimum absolute atomic E-state index is 0.147. The number of carbonyl (C=O) groups is 1. The normalized spacial score (nSPS) is 10.5. The molecule has 2 aromatic heterocycles. The number of amides is 1. The molecule has 8 heteroatoms. The Morgan fingerprint density at radius 1 is 1.14 bits per heavy atom. The maximum Gasteiger partial charge on any atom is 0.254 e. The number of nitrogens with zero attached hydrogens (tertiary/aromatic N) is 3. The summed E-state index contributed by atoms with van der Waals surface area (Å²) in [5.41, 5.74) is 8.07. The average molecular weight is 395 g/mol. The Labute approximate surface area is 167 Å². The molecule has 0 atom stereocenters. The van der Waals surface area contributed by atoms with Crippen LogP contribution in [-0.4, -0.2) is 34.5 Å². The Bertz CT molecular complexity index is 934. The number of methoxy groups -OCH3 is 1. The number of aromatic nitrogens is 3. The van der Waals surface area contributed by atoms with Gasteiger partial charge in [0.25, 0.3) is 5.91 Å². The SMILES string of the molecule is COc1ccc(CCNC(=O)c2cccnc2SCc2ccnc(N)n2)cc1. The number of ether oxygens (including phenoxy) is 1. The average Bonchev–Trinajstić information content (AvgIpc) is 2.73. The van der Waals surface area contributed by atoms with E-state index in [1.807, 2.05) is 24.3 Å². The smallest absolute Gasteiger partial charge is 0.254 e. The molecule has 1 aromatic carbocycles. The summed E-state index contributed by atoms with van der Waals surface area (Å²) in [6, 6.07) is 13.1. The highest BCUT2D eigenvalue weighted by molar-refractivity contribution is 7.98. The van der Waals surface area contributed by atoms with Crippen LogP contribution in [0.3, 0.4) is 0 Å². The highest BCUT2D eigenvalue weighted by Crippen LogP contribution is 2.23. The Morgan fingerprint density at radius 2 is 1.96 bits per heavy atom. The van der Waals surface area contributed by atoms with Crippen LogP contribution in [0.25, 0.3) is 0 Å². The standard InChI is InChI=1S/C20H21N5O2S/c1-27-16-6-4-14(5-7-16)8-11-22-18(26)17-3-2-10-23-19(17)28-13-15-9-12-24-20(21)25-15/h2-7,9-10,12H,8,11,13H2,1H3,(H,22,26)(H2,21,24,25). The lowest BCUT2D eigenvalue weighted by molar-refractivity contribution is 0.0950. The summed E-state index contributed by atoms with van der Waals surface area (Å²) in [6.45, 7) is 0.534. The molecule has 7 nitrogen and oxygen atoms in total. The van der Waals surface area contributed by atoms with Crippen LogP contribution in [0, 0.1) is 0 Å². The first-order valence-electron chi connectivity index (χ1n) is 8.72. The number of nitrogen functional groups attached to an aromatic ring is 1. The molecule has 1 amide bonds. The van der Waals surface area contributed by atoms with Gasteiger partial charge in [-0.2, -0.15) is 0 Å². The number of benzene rings is 1. The topological polar surface area (TPSA) is 103 Å². The van der Waals surface area contributed by atoms with Gasteiger partial charge in [0.1, 0.15) is 10.8 Å². The molecule has 0 fully saturated rings. The summed E-state index contributed by atoms with van der Waals surface area (Å²) in [6.07, 6.45) is 4.02. The molecular weight excluding hydrogens is 374 g/mol. The number of hydrogen-bond donors (Lipinski definition) is 2. The third kappa shape index (κ3) is 5.43. The Morgan fingerprint density at radius 3 is 2.71 bits per heavy atom. The van der Waals surface area contributed by atoms with Gasteiger partial charge in [0.05, 0.1) is 18.4 Å². The molecule has 0 aliphatic heterocycles. The van der Waals surface area contributed by atoms with E-state index < -0.39 is 0 Å². The molecule has 2 heterocycles. The van der Waals surface area contributed by atoms with Crippen LogP contribution in [0.5, 0.6) is 5.75 Å². The summed E-state index contributed by atoms with van der Waals surface area (Å²) in [4.78, 5) is 25.0. The summed E-state index contributed by atoms with van der Waals surface area (Å²) in [5.74, 6) is 1.45. The second-order valence-electron chi connectivity index (χ2n) is 5.90. The van der Waals surface area contributed by atoms with Gasteiger partial charge in [-0.25, -0.2) is 15.0 Å². The second kappa shape index (κ2) is 9.70. The molecule has 0 unspecified atom stereocenters. The second-order valence-corrected chi connectivity index (χ2v) is 6.87. The zero-order valence-electron chi connectivity index (χ0n) is 15.5. The number of hydrogen-bond acceptors (Lipinski definition) is 7. The minimum atomic E-state index is -0.147. The highest BCUT2D eigenvalue weighted by Gasteiger charge is 2.13. The van der Waals surface area contributed by atoms with Gasteiger partial charge >= 0.3 is 0 Å². The monoisotopic (exact) mass is 395 g/mol. The van der Waals surface area contributed by atoms with Crippen LogP contribution in [-0.2, 0) is 12.2 Å². The van der Waals surface area contributed by atoms with Crippen LogP contribution in [0.4, 0.5) is 5.95 Å². The lowest BCUT2D eigenvalue weighted by atomic mass is 10.1. The number of nitrogens with one attached hydrogen (secondary N) is 1. The fourth-order valence-corrected chi connectivity index (χ4v) is 3.42. The number of pyridine rings is 1. The van der Waals surface area contributed by atoms with Crippen molar-refractivity contribution in [3.63, 3.8) is 0 Å². The van der Waals surface area contributed by atoms with Crippen LogP contribution in [0.2, 0.25) is 0 Å². The quantitative estimate of drug-likeness (QED) is 0.565. The van der Waals surface area contributed by atoms with E-state index in [0.29, 0.717) is 22.9 Å². The third-order valence-corrected chi connectivity index (χ3v) is 5.00. The largest absolute Gasteiger partial charge is 0.497 e.